The average molecular weight is 435 g/mol. The van der Waals surface area contributed by atoms with Crippen molar-refractivity contribution in [2.75, 3.05) is 32.5 Å². The zero-order chi connectivity index (χ0) is 22.8. The molecule has 0 spiro atoms. The predicted octanol–water partition coefficient (Wildman–Crippen LogP) is 3.10. The first-order valence-electron chi connectivity index (χ1n) is 10.6. The molecular weight excluding hydrogens is 404 g/mol. The fourth-order valence-electron chi connectivity index (χ4n) is 3.02. The van der Waals surface area contributed by atoms with Crippen LogP contribution < -0.4 is 16.0 Å². The molecular formula is C24H30N6O2. The Hall–Kier alpha value is -3.65. The van der Waals surface area contributed by atoms with E-state index >= 15 is 0 Å². The number of likely N-dealkylation sites (N-methyl/N-ethyl adjacent to an activating group) is 1. The molecule has 3 aromatic rings. The molecule has 0 atom stereocenters. The van der Waals surface area contributed by atoms with Crippen LogP contribution in [0.5, 0.6) is 0 Å². The number of amides is 1. The van der Waals surface area contributed by atoms with Crippen molar-refractivity contribution in [3.8, 4) is 11.5 Å². The van der Waals surface area contributed by atoms with Crippen LogP contribution in [-0.2, 0) is 17.9 Å². The second-order valence-corrected chi connectivity index (χ2v) is 7.55. The first-order chi connectivity index (χ1) is 15.5. The van der Waals surface area contributed by atoms with Crippen LogP contribution in [0.15, 0.2) is 70.3 Å². The Labute approximate surface area is 188 Å². The van der Waals surface area contributed by atoms with Crippen molar-refractivity contribution in [3.63, 3.8) is 0 Å². The molecule has 1 amide bonds. The Bertz CT molecular complexity index is 1030. The smallest absolute Gasteiger partial charge is 0.238 e. The van der Waals surface area contributed by atoms with E-state index in [0.29, 0.717) is 31.5 Å². The molecule has 0 saturated heterocycles. The summed E-state index contributed by atoms with van der Waals surface area (Å²) in [7, 11) is 3.73. The molecule has 0 radical (unpaired) electrons. The minimum Gasteiger partial charge on any atom is -0.444 e. The van der Waals surface area contributed by atoms with Crippen LogP contribution in [0.4, 0.5) is 5.69 Å². The summed E-state index contributed by atoms with van der Waals surface area (Å²) in [6.45, 7) is 4.05. The lowest BCUT2D eigenvalue weighted by molar-refractivity contribution is -0.116. The van der Waals surface area contributed by atoms with Gasteiger partial charge in [0.25, 0.3) is 0 Å². The fourth-order valence-corrected chi connectivity index (χ4v) is 3.02. The van der Waals surface area contributed by atoms with E-state index in [2.05, 4.69) is 25.9 Å². The Morgan fingerprint density at radius 2 is 1.91 bits per heavy atom. The van der Waals surface area contributed by atoms with Gasteiger partial charge in [0.15, 0.2) is 5.96 Å². The van der Waals surface area contributed by atoms with E-state index in [1.165, 1.54) is 0 Å². The van der Waals surface area contributed by atoms with Crippen molar-refractivity contribution in [2.24, 2.45) is 4.99 Å². The van der Waals surface area contributed by atoms with Crippen LogP contribution in [0, 0.1) is 0 Å². The topological polar surface area (TPSA) is 94.8 Å². The van der Waals surface area contributed by atoms with Crippen LogP contribution in [0.1, 0.15) is 18.2 Å². The largest absolute Gasteiger partial charge is 0.444 e. The van der Waals surface area contributed by atoms with Gasteiger partial charge in [0.1, 0.15) is 6.26 Å². The number of aromatic nitrogens is 1. The predicted molar refractivity (Wildman–Crippen MR) is 127 cm³/mol. The molecule has 0 aliphatic rings. The molecule has 8 nitrogen and oxygen atoms in total. The van der Waals surface area contributed by atoms with Gasteiger partial charge in [-0.25, -0.2) is 9.98 Å². The molecule has 0 saturated carbocycles. The van der Waals surface area contributed by atoms with Crippen molar-refractivity contribution in [1.82, 2.24) is 20.5 Å². The van der Waals surface area contributed by atoms with Gasteiger partial charge in [0.2, 0.25) is 11.8 Å². The quantitative estimate of drug-likeness (QED) is 0.354. The van der Waals surface area contributed by atoms with E-state index in [4.69, 9.17) is 4.42 Å². The van der Waals surface area contributed by atoms with Gasteiger partial charge in [0.05, 0.1) is 25.3 Å². The molecule has 8 heteroatoms. The van der Waals surface area contributed by atoms with E-state index in [1.807, 2.05) is 80.5 Å². The second-order valence-electron chi connectivity index (χ2n) is 7.55. The molecule has 0 aliphatic carbocycles. The number of carbonyl (C=O) groups is 1. The normalized spacial score (nSPS) is 11.4. The minimum atomic E-state index is -0.0480. The highest BCUT2D eigenvalue weighted by Crippen LogP contribution is 2.17. The van der Waals surface area contributed by atoms with Gasteiger partial charge >= 0.3 is 0 Å². The fraction of sp³-hybridized carbons (Fsp3) is 0.292. The molecule has 0 unspecified atom stereocenters. The van der Waals surface area contributed by atoms with Gasteiger partial charge in [-0.2, -0.15) is 0 Å². The van der Waals surface area contributed by atoms with E-state index in [9.17, 15) is 4.79 Å². The highest BCUT2D eigenvalue weighted by molar-refractivity contribution is 5.92. The molecule has 0 bridgehead atoms. The van der Waals surface area contributed by atoms with Crippen molar-refractivity contribution < 1.29 is 9.21 Å². The van der Waals surface area contributed by atoms with Gasteiger partial charge < -0.3 is 25.3 Å². The number of benzene rings is 2. The van der Waals surface area contributed by atoms with Crippen LogP contribution in [0.25, 0.3) is 11.5 Å². The minimum absolute atomic E-state index is 0.0480. The first kappa shape index (κ1) is 23.0. The summed E-state index contributed by atoms with van der Waals surface area (Å²) in [5.74, 6) is 1.23. The van der Waals surface area contributed by atoms with Crippen molar-refractivity contribution in [2.45, 2.75) is 20.0 Å². The van der Waals surface area contributed by atoms with E-state index in [0.717, 1.165) is 29.1 Å². The van der Waals surface area contributed by atoms with Gasteiger partial charge in [0, 0.05) is 17.8 Å². The SMILES string of the molecule is CCNC(=NCc1cccc(NC(=O)CN(C)C)c1)NCc1coc(-c2ccccc2)n1. The van der Waals surface area contributed by atoms with Crippen molar-refractivity contribution in [1.29, 1.82) is 0 Å². The first-order valence-corrected chi connectivity index (χ1v) is 10.6. The molecule has 2 aromatic carbocycles. The number of nitrogens with zero attached hydrogens (tertiary/aromatic N) is 3. The highest BCUT2D eigenvalue weighted by Gasteiger charge is 2.08. The summed E-state index contributed by atoms with van der Waals surface area (Å²) in [6.07, 6.45) is 1.65. The number of hydrogen-bond donors (Lipinski definition) is 3. The van der Waals surface area contributed by atoms with Crippen LogP contribution in [0.2, 0.25) is 0 Å². The number of aliphatic imine (C=N–C) groups is 1. The maximum Gasteiger partial charge on any atom is 0.238 e. The van der Waals surface area contributed by atoms with Crippen molar-refractivity contribution >= 4 is 17.6 Å². The standard InChI is InChI=1S/C24H30N6O2/c1-4-25-24(27-15-21-17-32-23(29-21)19-10-6-5-7-11-19)26-14-18-9-8-12-20(13-18)28-22(31)16-30(2)3/h5-13,17H,4,14-16H2,1-3H3,(H,28,31)(H2,25,26,27). The number of anilines is 1. The van der Waals surface area contributed by atoms with Crippen LogP contribution in [-0.4, -0.2) is 48.9 Å². The summed E-state index contributed by atoms with van der Waals surface area (Å²) in [4.78, 5) is 23.0. The number of carbonyl (C=O) groups excluding carboxylic acids is 1. The summed E-state index contributed by atoms with van der Waals surface area (Å²) in [6, 6.07) is 17.5. The van der Waals surface area contributed by atoms with Gasteiger partial charge in [-0.05, 0) is 50.8 Å². The molecule has 1 heterocycles. The maximum absolute atomic E-state index is 12.0. The molecule has 0 aliphatic heterocycles. The monoisotopic (exact) mass is 434 g/mol. The number of rotatable bonds is 9. The highest BCUT2D eigenvalue weighted by atomic mass is 16.3. The molecule has 1 aromatic heterocycles. The molecule has 3 rings (SSSR count). The number of hydrogen-bond acceptors (Lipinski definition) is 5. The number of oxazole rings is 1. The van der Waals surface area contributed by atoms with E-state index in [1.54, 1.807) is 6.26 Å². The molecule has 0 fully saturated rings. The second kappa shape index (κ2) is 11.7. The Balaban J connectivity index is 1.59. The summed E-state index contributed by atoms with van der Waals surface area (Å²) < 4.78 is 5.59. The zero-order valence-electron chi connectivity index (χ0n) is 18.8. The third-order valence-electron chi connectivity index (χ3n) is 4.44. The third-order valence-corrected chi connectivity index (χ3v) is 4.44. The summed E-state index contributed by atoms with van der Waals surface area (Å²) in [5.41, 5.74) is 3.49. The number of guanidine groups is 1. The van der Waals surface area contributed by atoms with E-state index < -0.39 is 0 Å². The van der Waals surface area contributed by atoms with Gasteiger partial charge in [-0.3, -0.25) is 4.79 Å². The zero-order valence-corrected chi connectivity index (χ0v) is 18.8. The average Bonchev–Trinajstić information content (AvgIpc) is 3.25. The molecule has 3 N–H and O–H groups in total. The van der Waals surface area contributed by atoms with Crippen LogP contribution in [0.3, 0.4) is 0 Å². The van der Waals surface area contributed by atoms with E-state index in [-0.39, 0.29) is 5.91 Å². The summed E-state index contributed by atoms with van der Waals surface area (Å²) >= 11 is 0. The summed E-state index contributed by atoms with van der Waals surface area (Å²) in [5, 5.41) is 9.43. The van der Waals surface area contributed by atoms with Crippen LogP contribution >= 0.6 is 0 Å². The maximum atomic E-state index is 12.0. The molecule has 32 heavy (non-hydrogen) atoms. The Kier molecular flexibility index (Phi) is 8.39. The molecule has 168 valence electrons. The number of nitrogens with one attached hydrogen (secondary N) is 3. The van der Waals surface area contributed by atoms with Gasteiger partial charge in [-0.15, -0.1) is 0 Å². The van der Waals surface area contributed by atoms with Crippen molar-refractivity contribution in [3.05, 3.63) is 72.1 Å². The van der Waals surface area contributed by atoms with Gasteiger partial charge in [-0.1, -0.05) is 30.3 Å². The lowest BCUT2D eigenvalue weighted by Crippen LogP contribution is -2.36. The Morgan fingerprint density at radius 3 is 2.66 bits per heavy atom. The third kappa shape index (κ3) is 7.24. The Morgan fingerprint density at radius 1 is 1.09 bits per heavy atom. The lowest BCUT2D eigenvalue weighted by atomic mass is 10.2. The lowest BCUT2D eigenvalue weighted by Gasteiger charge is -2.12.